The largest absolute Gasteiger partial charge is 0.295 e. The van der Waals surface area contributed by atoms with Crippen molar-refractivity contribution >= 4 is 5.78 Å². The number of carbonyl (C=O) groups is 1. The minimum atomic E-state index is 0.120. The first-order valence-corrected chi connectivity index (χ1v) is 4.15. The number of ketones is 1. The van der Waals surface area contributed by atoms with Crippen LogP contribution in [0.3, 0.4) is 0 Å². The lowest BCUT2D eigenvalue weighted by Gasteiger charge is -2.14. The van der Waals surface area contributed by atoms with E-state index in [1.54, 1.807) is 6.08 Å². The highest BCUT2D eigenvalue weighted by Gasteiger charge is 2.13. The van der Waals surface area contributed by atoms with E-state index in [0.717, 1.165) is 6.42 Å². The molecular formula is C10H18O. The molecule has 1 nitrogen and oxygen atoms in total. The van der Waals surface area contributed by atoms with Crippen molar-refractivity contribution in [2.75, 3.05) is 0 Å². The Hall–Kier alpha value is -0.590. The maximum atomic E-state index is 11.1. The summed E-state index contributed by atoms with van der Waals surface area (Å²) in [5.74, 6) is 0.236. The molecule has 1 heteroatoms. The minimum absolute atomic E-state index is 0.120. The predicted molar refractivity (Wildman–Crippen MR) is 48.5 cm³/mol. The summed E-state index contributed by atoms with van der Waals surface area (Å²) in [5, 5.41) is 0. The zero-order chi connectivity index (χ0) is 8.91. The standard InChI is InChI=1S/C10H18O/c1-5-6-7-9(11)8-10(2,3)4/h6-7H,5,8H2,1-4H3/b7-6+. The van der Waals surface area contributed by atoms with Gasteiger partial charge in [0, 0.05) is 6.42 Å². The molecule has 0 aromatic heterocycles. The van der Waals surface area contributed by atoms with Crippen LogP contribution in [0.2, 0.25) is 0 Å². The summed E-state index contributed by atoms with van der Waals surface area (Å²) in [5.41, 5.74) is 0.120. The lowest BCUT2D eigenvalue weighted by Crippen LogP contribution is -2.10. The van der Waals surface area contributed by atoms with Gasteiger partial charge in [-0.15, -0.1) is 0 Å². The Morgan fingerprint density at radius 3 is 2.27 bits per heavy atom. The van der Waals surface area contributed by atoms with E-state index in [9.17, 15) is 4.79 Å². The van der Waals surface area contributed by atoms with Gasteiger partial charge in [-0.3, -0.25) is 4.79 Å². The molecule has 0 aromatic rings. The summed E-state index contributed by atoms with van der Waals surface area (Å²) in [7, 11) is 0. The average Bonchev–Trinajstić information content (AvgIpc) is 1.79. The summed E-state index contributed by atoms with van der Waals surface area (Å²) in [6.07, 6.45) is 5.18. The second kappa shape index (κ2) is 4.32. The molecule has 0 fully saturated rings. The normalized spacial score (nSPS) is 12.4. The smallest absolute Gasteiger partial charge is 0.155 e. The molecule has 0 saturated carbocycles. The van der Waals surface area contributed by atoms with Crippen LogP contribution in [0.4, 0.5) is 0 Å². The van der Waals surface area contributed by atoms with E-state index < -0.39 is 0 Å². The molecule has 0 aliphatic heterocycles. The third-order valence-corrected chi connectivity index (χ3v) is 1.24. The zero-order valence-corrected chi connectivity index (χ0v) is 7.98. The van der Waals surface area contributed by atoms with Gasteiger partial charge in [-0.1, -0.05) is 33.8 Å². The lowest BCUT2D eigenvalue weighted by molar-refractivity contribution is -0.116. The van der Waals surface area contributed by atoms with Gasteiger partial charge in [0.25, 0.3) is 0 Å². The van der Waals surface area contributed by atoms with E-state index in [1.165, 1.54) is 0 Å². The minimum Gasteiger partial charge on any atom is -0.295 e. The van der Waals surface area contributed by atoms with Gasteiger partial charge in [-0.25, -0.2) is 0 Å². The van der Waals surface area contributed by atoms with Gasteiger partial charge < -0.3 is 0 Å². The summed E-state index contributed by atoms with van der Waals surface area (Å²) in [4.78, 5) is 11.1. The Morgan fingerprint density at radius 1 is 1.36 bits per heavy atom. The molecule has 0 aliphatic carbocycles. The number of rotatable bonds is 3. The molecule has 0 heterocycles. The first-order valence-electron chi connectivity index (χ1n) is 4.15. The molecule has 0 radical (unpaired) electrons. The van der Waals surface area contributed by atoms with Gasteiger partial charge in [0.15, 0.2) is 5.78 Å². The highest BCUT2D eigenvalue weighted by molar-refractivity contribution is 5.89. The maximum absolute atomic E-state index is 11.1. The van der Waals surface area contributed by atoms with E-state index in [0.29, 0.717) is 6.42 Å². The topological polar surface area (TPSA) is 17.1 Å². The van der Waals surface area contributed by atoms with Crippen LogP contribution in [0.5, 0.6) is 0 Å². The molecule has 0 aromatic carbocycles. The second-order valence-corrected chi connectivity index (χ2v) is 4.01. The highest BCUT2D eigenvalue weighted by atomic mass is 16.1. The molecule has 0 unspecified atom stereocenters. The van der Waals surface area contributed by atoms with E-state index >= 15 is 0 Å². The van der Waals surface area contributed by atoms with Gasteiger partial charge >= 0.3 is 0 Å². The van der Waals surface area contributed by atoms with Crippen LogP contribution in [0.1, 0.15) is 40.5 Å². The maximum Gasteiger partial charge on any atom is 0.155 e. The molecule has 0 rings (SSSR count). The molecule has 0 spiro atoms. The summed E-state index contributed by atoms with van der Waals surface area (Å²) < 4.78 is 0. The van der Waals surface area contributed by atoms with Crippen molar-refractivity contribution in [3.8, 4) is 0 Å². The van der Waals surface area contributed by atoms with E-state index in [4.69, 9.17) is 0 Å². The molecule has 0 N–H and O–H groups in total. The Morgan fingerprint density at radius 2 is 1.91 bits per heavy atom. The van der Waals surface area contributed by atoms with Crippen molar-refractivity contribution < 1.29 is 4.79 Å². The van der Waals surface area contributed by atoms with Gasteiger partial charge in [0.1, 0.15) is 0 Å². The van der Waals surface area contributed by atoms with Crippen LogP contribution in [-0.4, -0.2) is 5.78 Å². The molecule has 64 valence electrons. The van der Waals surface area contributed by atoms with Crippen molar-refractivity contribution in [1.29, 1.82) is 0 Å². The first kappa shape index (κ1) is 10.4. The molecule has 0 amide bonds. The average molecular weight is 154 g/mol. The Bertz CT molecular complexity index is 149. The van der Waals surface area contributed by atoms with Crippen molar-refractivity contribution in [1.82, 2.24) is 0 Å². The number of hydrogen-bond donors (Lipinski definition) is 0. The predicted octanol–water partition coefficient (Wildman–Crippen LogP) is 2.96. The number of carbonyl (C=O) groups excluding carboxylic acids is 1. The Balaban J connectivity index is 3.80. The Kier molecular flexibility index (Phi) is 4.09. The fourth-order valence-electron chi connectivity index (χ4n) is 0.831. The highest BCUT2D eigenvalue weighted by Crippen LogP contribution is 2.18. The fraction of sp³-hybridized carbons (Fsp3) is 0.700. The fourth-order valence-corrected chi connectivity index (χ4v) is 0.831. The van der Waals surface area contributed by atoms with E-state index in [-0.39, 0.29) is 11.2 Å². The van der Waals surface area contributed by atoms with Crippen molar-refractivity contribution in [3.05, 3.63) is 12.2 Å². The number of hydrogen-bond acceptors (Lipinski definition) is 1. The molecule has 0 aliphatic rings. The quantitative estimate of drug-likeness (QED) is 0.571. The van der Waals surface area contributed by atoms with Crippen LogP contribution in [0, 0.1) is 5.41 Å². The van der Waals surface area contributed by atoms with Crippen LogP contribution in [0.25, 0.3) is 0 Å². The first-order chi connectivity index (χ1) is 4.95. The molecule has 0 atom stereocenters. The molecule has 0 saturated heterocycles. The van der Waals surface area contributed by atoms with Gasteiger partial charge in [0.05, 0.1) is 0 Å². The van der Waals surface area contributed by atoms with E-state index in [2.05, 4.69) is 20.8 Å². The van der Waals surface area contributed by atoms with Crippen molar-refractivity contribution in [3.63, 3.8) is 0 Å². The van der Waals surface area contributed by atoms with Crippen LogP contribution < -0.4 is 0 Å². The Labute approximate surface area is 69.5 Å². The molecular weight excluding hydrogens is 136 g/mol. The van der Waals surface area contributed by atoms with Gasteiger partial charge in [-0.2, -0.15) is 0 Å². The monoisotopic (exact) mass is 154 g/mol. The summed E-state index contributed by atoms with van der Waals surface area (Å²) in [6.45, 7) is 8.25. The number of allylic oxidation sites excluding steroid dienone is 2. The van der Waals surface area contributed by atoms with Crippen LogP contribution >= 0.6 is 0 Å². The summed E-state index contributed by atoms with van der Waals surface area (Å²) >= 11 is 0. The van der Waals surface area contributed by atoms with Crippen molar-refractivity contribution in [2.24, 2.45) is 5.41 Å². The van der Waals surface area contributed by atoms with E-state index in [1.807, 2.05) is 13.0 Å². The third kappa shape index (κ3) is 7.31. The zero-order valence-electron chi connectivity index (χ0n) is 7.98. The lowest BCUT2D eigenvalue weighted by atomic mass is 9.90. The molecule has 0 bridgehead atoms. The third-order valence-electron chi connectivity index (χ3n) is 1.24. The molecule has 11 heavy (non-hydrogen) atoms. The SMILES string of the molecule is CC/C=C/C(=O)CC(C)(C)C. The second-order valence-electron chi connectivity index (χ2n) is 4.01. The van der Waals surface area contributed by atoms with Gasteiger partial charge in [0.2, 0.25) is 0 Å². The van der Waals surface area contributed by atoms with Gasteiger partial charge in [-0.05, 0) is 17.9 Å². The van der Waals surface area contributed by atoms with Crippen molar-refractivity contribution in [2.45, 2.75) is 40.5 Å². The summed E-state index contributed by atoms with van der Waals surface area (Å²) in [6, 6.07) is 0. The van der Waals surface area contributed by atoms with Crippen LogP contribution in [0.15, 0.2) is 12.2 Å². The van der Waals surface area contributed by atoms with Crippen LogP contribution in [-0.2, 0) is 4.79 Å².